The maximum atomic E-state index is 13.2. The molecule has 7 nitrogen and oxygen atoms in total. The summed E-state index contributed by atoms with van der Waals surface area (Å²) in [5.41, 5.74) is 2.90. The zero-order chi connectivity index (χ0) is 23.3. The Morgan fingerprint density at radius 2 is 1.94 bits per heavy atom. The third kappa shape index (κ3) is 3.71. The Labute approximate surface area is 189 Å². The normalized spacial score (nSPS) is 19.6. The molecule has 1 heterocycles. The van der Waals surface area contributed by atoms with Crippen LogP contribution >= 0.6 is 0 Å². The summed E-state index contributed by atoms with van der Waals surface area (Å²) in [6.07, 6.45) is 2.80. The maximum absolute atomic E-state index is 13.2. The topological polar surface area (TPSA) is 86.8 Å². The zero-order valence-corrected chi connectivity index (χ0v) is 19.7. The van der Waals surface area contributed by atoms with Gasteiger partial charge < -0.3 is 10.2 Å². The lowest BCUT2D eigenvalue weighted by Gasteiger charge is -2.27. The van der Waals surface area contributed by atoms with Crippen LogP contribution in [0.5, 0.6) is 0 Å². The number of hydrogen-bond donors (Lipinski definition) is 1. The lowest BCUT2D eigenvalue weighted by molar-refractivity contribution is -0.122. The molecule has 0 bridgehead atoms. The third-order valence-electron chi connectivity index (χ3n) is 6.62. The quantitative estimate of drug-likeness (QED) is 0.751. The number of likely N-dealkylation sites (N-methyl/N-ethyl adjacent to an activating group) is 2. The number of rotatable bonds is 5. The third-order valence-corrected chi connectivity index (χ3v) is 8.42. The molecule has 0 saturated carbocycles. The van der Waals surface area contributed by atoms with Crippen LogP contribution < -0.4 is 10.2 Å². The van der Waals surface area contributed by atoms with Crippen LogP contribution in [0.2, 0.25) is 0 Å². The van der Waals surface area contributed by atoms with Gasteiger partial charge in [-0.2, -0.15) is 4.31 Å². The fraction of sp³-hybridized carbons (Fsp3) is 0.417. The summed E-state index contributed by atoms with van der Waals surface area (Å²) < 4.78 is 27.4. The Morgan fingerprint density at radius 3 is 2.69 bits per heavy atom. The Kier molecular flexibility index (Phi) is 5.63. The summed E-state index contributed by atoms with van der Waals surface area (Å²) in [4.78, 5) is 26.9. The van der Waals surface area contributed by atoms with E-state index in [1.54, 1.807) is 37.9 Å². The number of nitrogens with one attached hydrogen (secondary N) is 1. The smallest absolute Gasteiger partial charge is 0.243 e. The number of nitrogens with zero attached hydrogens (tertiary/aromatic N) is 2. The number of carbonyl (C=O) groups excluding carboxylic acids is 2. The molecular formula is C24H29N3O4S. The largest absolute Gasteiger partial charge is 0.348 e. The summed E-state index contributed by atoms with van der Waals surface area (Å²) in [7, 11) is -0.813. The summed E-state index contributed by atoms with van der Waals surface area (Å²) in [5, 5.41) is 3.00. The fourth-order valence-electron chi connectivity index (χ4n) is 4.72. The number of amides is 2. The maximum Gasteiger partial charge on any atom is 0.243 e. The van der Waals surface area contributed by atoms with Gasteiger partial charge in [-0.05, 0) is 68.0 Å². The van der Waals surface area contributed by atoms with E-state index in [1.165, 1.54) is 18.7 Å². The first-order valence-corrected chi connectivity index (χ1v) is 12.2. The van der Waals surface area contributed by atoms with Gasteiger partial charge in [0.15, 0.2) is 0 Å². The minimum atomic E-state index is -3.90. The van der Waals surface area contributed by atoms with Gasteiger partial charge in [-0.25, -0.2) is 8.42 Å². The second kappa shape index (κ2) is 8.01. The van der Waals surface area contributed by atoms with E-state index >= 15 is 0 Å². The van der Waals surface area contributed by atoms with Crippen molar-refractivity contribution in [3.8, 4) is 0 Å². The first kappa shape index (κ1) is 22.5. The van der Waals surface area contributed by atoms with Gasteiger partial charge in [0.2, 0.25) is 21.8 Å². The molecular weight excluding hydrogens is 426 g/mol. The number of hydrogen-bond acceptors (Lipinski definition) is 4. The molecule has 2 aromatic rings. The van der Waals surface area contributed by atoms with Crippen molar-refractivity contribution in [3.05, 3.63) is 59.2 Å². The van der Waals surface area contributed by atoms with Crippen molar-refractivity contribution in [1.82, 2.24) is 9.62 Å². The Bertz CT molecular complexity index is 1190. The van der Waals surface area contributed by atoms with Crippen LogP contribution in [-0.2, 0) is 31.4 Å². The van der Waals surface area contributed by atoms with Gasteiger partial charge in [0.1, 0.15) is 0 Å². The molecule has 0 radical (unpaired) electrons. The molecule has 170 valence electrons. The van der Waals surface area contributed by atoms with Crippen LogP contribution in [0, 0.1) is 0 Å². The van der Waals surface area contributed by atoms with Gasteiger partial charge in [-0.15, -0.1) is 0 Å². The zero-order valence-electron chi connectivity index (χ0n) is 18.9. The van der Waals surface area contributed by atoms with Gasteiger partial charge in [-0.1, -0.05) is 24.3 Å². The number of carbonyl (C=O) groups is 2. The molecule has 4 rings (SSSR count). The lowest BCUT2D eigenvalue weighted by Crippen LogP contribution is -2.40. The SMILES string of the molecule is CN1C(=O)C(C)(C)c2cc(S(=O)(=O)N(C)CC(=O)N[C@H]3CCCc4ccccc43)ccc21. The van der Waals surface area contributed by atoms with Crippen LogP contribution in [0.4, 0.5) is 5.69 Å². The predicted octanol–water partition coefficient (Wildman–Crippen LogP) is 2.75. The number of aryl methyl sites for hydroxylation is 1. The van der Waals surface area contributed by atoms with E-state index in [2.05, 4.69) is 11.4 Å². The first-order valence-electron chi connectivity index (χ1n) is 10.8. The van der Waals surface area contributed by atoms with Gasteiger partial charge in [0.05, 0.1) is 22.9 Å². The second-order valence-electron chi connectivity index (χ2n) is 9.14. The van der Waals surface area contributed by atoms with Crippen molar-refractivity contribution in [2.24, 2.45) is 0 Å². The van der Waals surface area contributed by atoms with Gasteiger partial charge >= 0.3 is 0 Å². The Hall–Kier alpha value is -2.71. The van der Waals surface area contributed by atoms with Gasteiger partial charge in [0.25, 0.3) is 0 Å². The summed E-state index contributed by atoms with van der Waals surface area (Å²) in [6, 6.07) is 12.6. The van der Waals surface area contributed by atoms with E-state index in [0.29, 0.717) is 11.3 Å². The predicted molar refractivity (Wildman–Crippen MR) is 123 cm³/mol. The van der Waals surface area contributed by atoms with Gasteiger partial charge in [0, 0.05) is 19.8 Å². The van der Waals surface area contributed by atoms with Crippen LogP contribution in [0.1, 0.15) is 49.4 Å². The number of fused-ring (bicyclic) bond motifs is 2. The highest BCUT2D eigenvalue weighted by Crippen LogP contribution is 2.41. The van der Waals surface area contributed by atoms with Crippen molar-refractivity contribution < 1.29 is 18.0 Å². The summed E-state index contributed by atoms with van der Waals surface area (Å²) in [5.74, 6) is -0.420. The van der Waals surface area contributed by atoms with Crippen molar-refractivity contribution in [1.29, 1.82) is 0 Å². The molecule has 1 aliphatic carbocycles. The summed E-state index contributed by atoms with van der Waals surface area (Å²) >= 11 is 0. The van der Waals surface area contributed by atoms with E-state index in [-0.39, 0.29) is 29.3 Å². The van der Waals surface area contributed by atoms with Gasteiger partial charge in [-0.3, -0.25) is 9.59 Å². The molecule has 1 atom stereocenters. The van der Waals surface area contributed by atoms with E-state index in [9.17, 15) is 18.0 Å². The van der Waals surface area contributed by atoms with Crippen LogP contribution in [0.25, 0.3) is 0 Å². The second-order valence-corrected chi connectivity index (χ2v) is 11.2. The highest BCUT2D eigenvalue weighted by Gasteiger charge is 2.43. The highest BCUT2D eigenvalue weighted by atomic mass is 32.2. The fourth-order valence-corrected chi connectivity index (χ4v) is 5.88. The van der Waals surface area contributed by atoms with Crippen molar-refractivity contribution in [2.75, 3.05) is 25.5 Å². The molecule has 8 heteroatoms. The average Bonchev–Trinajstić information content (AvgIpc) is 2.94. The minimum absolute atomic E-state index is 0.0748. The number of benzene rings is 2. The molecule has 0 aromatic heterocycles. The molecule has 1 aliphatic heterocycles. The number of anilines is 1. The molecule has 0 spiro atoms. The van der Waals surface area contributed by atoms with Crippen molar-refractivity contribution in [3.63, 3.8) is 0 Å². The Morgan fingerprint density at radius 1 is 1.22 bits per heavy atom. The van der Waals surface area contributed by atoms with Crippen LogP contribution in [-0.4, -0.2) is 45.2 Å². The first-order chi connectivity index (χ1) is 15.0. The average molecular weight is 456 g/mol. The molecule has 1 N–H and O–H groups in total. The molecule has 0 saturated heterocycles. The minimum Gasteiger partial charge on any atom is -0.348 e. The standard InChI is InChI=1S/C24H29N3O4S/c1-24(2)19-14-17(12-13-21(19)27(4)23(24)29)32(30,31)26(3)15-22(28)25-20-11-7-9-16-8-5-6-10-18(16)20/h5-6,8,10,12-14,20H,7,9,11,15H2,1-4H3,(H,25,28)/t20-/m0/s1. The van der Waals surface area contributed by atoms with E-state index in [1.807, 2.05) is 18.2 Å². The molecule has 0 unspecified atom stereocenters. The lowest BCUT2D eigenvalue weighted by atomic mass is 9.86. The van der Waals surface area contributed by atoms with E-state index in [0.717, 1.165) is 29.1 Å². The van der Waals surface area contributed by atoms with Crippen LogP contribution in [0.15, 0.2) is 47.4 Å². The van der Waals surface area contributed by atoms with E-state index < -0.39 is 15.4 Å². The molecule has 0 fully saturated rings. The van der Waals surface area contributed by atoms with Crippen molar-refractivity contribution >= 4 is 27.5 Å². The Balaban J connectivity index is 1.51. The van der Waals surface area contributed by atoms with Crippen molar-refractivity contribution in [2.45, 2.75) is 49.5 Å². The molecule has 2 amide bonds. The molecule has 2 aliphatic rings. The monoisotopic (exact) mass is 455 g/mol. The highest BCUT2D eigenvalue weighted by molar-refractivity contribution is 7.89. The number of sulfonamides is 1. The summed E-state index contributed by atoms with van der Waals surface area (Å²) in [6.45, 7) is 3.29. The van der Waals surface area contributed by atoms with Crippen LogP contribution in [0.3, 0.4) is 0 Å². The van der Waals surface area contributed by atoms with E-state index in [4.69, 9.17) is 0 Å². The molecule has 32 heavy (non-hydrogen) atoms. The molecule has 2 aromatic carbocycles.